The Kier molecular flexibility index (Phi) is 5.77. The van der Waals surface area contributed by atoms with Crippen LogP contribution in [0.15, 0.2) is 48.7 Å². The molecule has 27 heavy (non-hydrogen) atoms. The highest BCUT2D eigenvalue weighted by Crippen LogP contribution is 2.32. The quantitative estimate of drug-likeness (QED) is 0.603. The van der Waals surface area contributed by atoms with Gasteiger partial charge in [-0.2, -0.15) is 5.10 Å². The SMILES string of the molecule is Cn1cc(CC(=O)Nc2ccccc2-c2cc(Cl)cc(Cl)c2)c(C(F)F)n1. The number of benzene rings is 2. The van der Waals surface area contributed by atoms with E-state index in [1.165, 1.54) is 17.9 Å². The Hall–Kier alpha value is -2.44. The molecule has 2 aromatic carbocycles. The molecule has 3 aromatic rings. The second kappa shape index (κ2) is 8.06. The maximum Gasteiger partial charge on any atom is 0.282 e. The first-order valence-electron chi connectivity index (χ1n) is 7.99. The van der Waals surface area contributed by atoms with Gasteiger partial charge in [0.2, 0.25) is 5.91 Å². The number of aryl methyl sites for hydroxylation is 1. The summed E-state index contributed by atoms with van der Waals surface area (Å²) in [5, 5.41) is 7.41. The number of anilines is 1. The summed E-state index contributed by atoms with van der Waals surface area (Å²) in [6, 6.07) is 12.2. The van der Waals surface area contributed by atoms with Gasteiger partial charge in [0.1, 0.15) is 5.69 Å². The van der Waals surface area contributed by atoms with E-state index in [0.29, 0.717) is 15.7 Å². The number of carbonyl (C=O) groups is 1. The molecule has 1 heterocycles. The Bertz CT molecular complexity index is 969. The fraction of sp³-hybridized carbons (Fsp3) is 0.158. The van der Waals surface area contributed by atoms with Gasteiger partial charge >= 0.3 is 0 Å². The molecule has 3 rings (SSSR count). The third kappa shape index (κ3) is 4.64. The summed E-state index contributed by atoms with van der Waals surface area (Å²) >= 11 is 12.1. The number of hydrogen-bond acceptors (Lipinski definition) is 2. The van der Waals surface area contributed by atoms with Crippen molar-refractivity contribution in [3.8, 4) is 11.1 Å². The van der Waals surface area contributed by atoms with Gasteiger partial charge in [0, 0.05) is 40.1 Å². The lowest BCUT2D eigenvalue weighted by atomic mass is 10.0. The van der Waals surface area contributed by atoms with Crippen LogP contribution in [0.25, 0.3) is 11.1 Å². The fourth-order valence-corrected chi connectivity index (χ4v) is 3.32. The third-order valence-electron chi connectivity index (χ3n) is 3.87. The molecule has 0 atom stereocenters. The van der Waals surface area contributed by atoms with Crippen molar-refractivity contribution >= 4 is 34.8 Å². The molecule has 140 valence electrons. The standard InChI is InChI=1S/C19H15Cl2F2N3O/c1-26-10-12(18(25-26)19(22)23)8-17(27)24-16-5-3-2-4-15(16)11-6-13(20)9-14(21)7-11/h2-7,9-10,19H,8H2,1H3,(H,24,27). The summed E-state index contributed by atoms with van der Waals surface area (Å²) in [5.41, 5.74) is 1.78. The molecule has 0 aliphatic heterocycles. The topological polar surface area (TPSA) is 46.9 Å². The third-order valence-corrected chi connectivity index (χ3v) is 4.31. The highest BCUT2D eigenvalue weighted by molar-refractivity contribution is 6.35. The molecule has 0 aliphatic rings. The average molecular weight is 410 g/mol. The first-order valence-corrected chi connectivity index (χ1v) is 8.75. The van der Waals surface area contributed by atoms with Crippen LogP contribution >= 0.6 is 23.2 Å². The van der Waals surface area contributed by atoms with Crippen molar-refractivity contribution in [1.82, 2.24) is 9.78 Å². The first kappa shape index (κ1) is 19.3. The molecule has 0 spiro atoms. The lowest BCUT2D eigenvalue weighted by Gasteiger charge is -2.12. The van der Waals surface area contributed by atoms with E-state index in [4.69, 9.17) is 23.2 Å². The molecule has 8 heteroatoms. The second-order valence-corrected chi connectivity index (χ2v) is 6.82. The van der Waals surface area contributed by atoms with Crippen LogP contribution in [0.1, 0.15) is 17.7 Å². The monoisotopic (exact) mass is 409 g/mol. The van der Waals surface area contributed by atoms with Crippen LogP contribution in [0.4, 0.5) is 14.5 Å². The molecule has 1 amide bonds. The van der Waals surface area contributed by atoms with Gasteiger partial charge in [-0.3, -0.25) is 9.48 Å². The van der Waals surface area contributed by atoms with E-state index in [1.54, 1.807) is 30.3 Å². The summed E-state index contributed by atoms with van der Waals surface area (Å²) < 4.78 is 27.4. The minimum Gasteiger partial charge on any atom is -0.325 e. The normalized spacial score (nSPS) is 11.0. The molecule has 0 radical (unpaired) electrons. The summed E-state index contributed by atoms with van der Waals surface area (Å²) in [6.07, 6.45) is -1.53. The molecule has 0 bridgehead atoms. The van der Waals surface area contributed by atoms with E-state index in [9.17, 15) is 13.6 Å². The zero-order chi connectivity index (χ0) is 19.6. The van der Waals surface area contributed by atoms with E-state index in [0.717, 1.165) is 11.1 Å². The van der Waals surface area contributed by atoms with Crippen LogP contribution in [-0.2, 0) is 18.3 Å². The highest BCUT2D eigenvalue weighted by atomic mass is 35.5. The largest absolute Gasteiger partial charge is 0.325 e. The fourth-order valence-electron chi connectivity index (χ4n) is 2.80. The molecule has 0 unspecified atom stereocenters. The van der Waals surface area contributed by atoms with E-state index >= 15 is 0 Å². The molecule has 0 fully saturated rings. The van der Waals surface area contributed by atoms with E-state index in [1.807, 2.05) is 12.1 Å². The maximum atomic E-state index is 13.0. The summed E-state index contributed by atoms with van der Waals surface area (Å²) in [7, 11) is 1.53. The number of hydrogen-bond donors (Lipinski definition) is 1. The van der Waals surface area contributed by atoms with Crippen LogP contribution in [0.3, 0.4) is 0 Å². The Labute approximate surface area is 164 Å². The predicted octanol–water partition coefficient (Wildman–Crippen LogP) is 5.51. The summed E-state index contributed by atoms with van der Waals surface area (Å²) in [4.78, 5) is 12.4. The van der Waals surface area contributed by atoms with Crippen molar-refractivity contribution in [3.63, 3.8) is 0 Å². The Morgan fingerprint density at radius 3 is 2.52 bits per heavy atom. The number of amides is 1. The minimum absolute atomic E-state index is 0.188. The van der Waals surface area contributed by atoms with Crippen LogP contribution in [0.5, 0.6) is 0 Å². The average Bonchev–Trinajstić information content (AvgIpc) is 2.95. The number of para-hydroxylation sites is 1. The molecular weight excluding hydrogens is 395 g/mol. The van der Waals surface area contributed by atoms with Crippen molar-refractivity contribution in [2.24, 2.45) is 7.05 Å². The van der Waals surface area contributed by atoms with E-state index in [2.05, 4.69) is 10.4 Å². The van der Waals surface area contributed by atoms with Crippen molar-refractivity contribution in [3.05, 3.63) is 70.0 Å². The summed E-state index contributed by atoms with van der Waals surface area (Å²) in [6.45, 7) is 0. The smallest absolute Gasteiger partial charge is 0.282 e. The number of nitrogens with one attached hydrogen (secondary N) is 1. The molecule has 1 N–H and O–H groups in total. The first-order chi connectivity index (χ1) is 12.8. The van der Waals surface area contributed by atoms with Gasteiger partial charge < -0.3 is 5.32 Å². The van der Waals surface area contributed by atoms with Crippen LogP contribution in [0.2, 0.25) is 10.0 Å². The molecule has 0 saturated heterocycles. The van der Waals surface area contributed by atoms with Gasteiger partial charge in [-0.05, 0) is 29.8 Å². The molecule has 0 saturated carbocycles. The minimum atomic E-state index is -2.74. The van der Waals surface area contributed by atoms with Crippen LogP contribution < -0.4 is 5.32 Å². The van der Waals surface area contributed by atoms with Crippen LogP contribution in [0, 0.1) is 0 Å². The number of aromatic nitrogens is 2. The summed E-state index contributed by atoms with van der Waals surface area (Å²) in [5.74, 6) is -0.425. The van der Waals surface area contributed by atoms with Crippen molar-refractivity contribution < 1.29 is 13.6 Å². The second-order valence-electron chi connectivity index (χ2n) is 5.94. The van der Waals surface area contributed by atoms with Crippen molar-refractivity contribution in [1.29, 1.82) is 0 Å². The van der Waals surface area contributed by atoms with Gasteiger partial charge in [-0.1, -0.05) is 41.4 Å². The zero-order valence-corrected chi connectivity index (χ0v) is 15.7. The van der Waals surface area contributed by atoms with Gasteiger partial charge in [-0.15, -0.1) is 0 Å². The highest BCUT2D eigenvalue weighted by Gasteiger charge is 2.20. The van der Waals surface area contributed by atoms with E-state index < -0.39 is 12.3 Å². The number of rotatable bonds is 5. The zero-order valence-electron chi connectivity index (χ0n) is 14.2. The van der Waals surface area contributed by atoms with Gasteiger partial charge in [0.05, 0.1) is 6.42 Å². The Morgan fingerprint density at radius 1 is 1.19 bits per heavy atom. The van der Waals surface area contributed by atoms with Gasteiger partial charge in [0.25, 0.3) is 6.43 Å². The number of nitrogens with zero attached hydrogens (tertiary/aromatic N) is 2. The maximum absolute atomic E-state index is 13.0. The van der Waals surface area contributed by atoms with E-state index in [-0.39, 0.29) is 17.7 Å². The molecule has 4 nitrogen and oxygen atoms in total. The Morgan fingerprint density at radius 2 is 1.85 bits per heavy atom. The number of alkyl halides is 2. The lowest BCUT2D eigenvalue weighted by Crippen LogP contribution is -2.15. The number of carbonyl (C=O) groups excluding carboxylic acids is 1. The van der Waals surface area contributed by atoms with Crippen LogP contribution in [-0.4, -0.2) is 15.7 Å². The number of halogens is 4. The van der Waals surface area contributed by atoms with Crippen molar-refractivity contribution in [2.75, 3.05) is 5.32 Å². The Balaban J connectivity index is 1.85. The van der Waals surface area contributed by atoms with Gasteiger partial charge in [0.15, 0.2) is 0 Å². The lowest BCUT2D eigenvalue weighted by molar-refractivity contribution is -0.115. The van der Waals surface area contributed by atoms with Crippen molar-refractivity contribution in [2.45, 2.75) is 12.8 Å². The predicted molar refractivity (Wildman–Crippen MR) is 102 cm³/mol. The molecule has 1 aromatic heterocycles. The molecule has 0 aliphatic carbocycles. The molecular formula is C19H15Cl2F2N3O. The van der Waals surface area contributed by atoms with Gasteiger partial charge in [-0.25, -0.2) is 8.78 Å².